The molecule has 0 saturated carbocycles. The lowest BCUT2D eigenvalue weighted by Crippen LogP contribution is -2.30. The van der Waals surface area contributed by atoms with Crippen molar-refractivity contribution in [3.05, 3.63) is 34.4 Å². The lowest BCUT2D eigenvalue weighted by atomic mass is 9.89. The fourth-order valence-electron chi connectivity index (χ4n) is 2.27. The molecule has 2 N–H and O–H groups in total. The van der Waals surface area contributed by atoms with Crippen LogP contribution >= 0.6 is 0 Å². The van der Waals surface area contributed by atoms with Crippen molar-refractivity contribution in [3.8, 4) is 0 Å². The van der Waals surface area contributed by atoms with Gasteiger partial charge in [-0.2, -0.15) is 0 Å². The lowest BCUT2D eigenvalue weighted by molar-refractivity contribution is 0.439. The van der Waals surface area contributed by atoms with Crippen molar-refractivity contribution in [2.24, 2.45) is 11.7 Å². The van der Waals surface area contributed by atoms with Gasteiger partial charge in [-0.05, 0) is 49.8 Å². The third kappa shape index (κ3) is 3.08. The zero-order valence-electron chi connectivity index (χ0n) is 11.3. The van der Waals surface area contributed by atoms with Gasteiger partial charge >= 0.3 is 0 Å². The smallest absolute Gasteiger partial charge is 0.0105 e. The molecular weight excluding hydrogens is 194 g/mol. The maximum Gasteiger partial charge on any atom is 0.0105 e. The van der Waals surface area contributed by atoms with Gasteiger partial charge in [0.25, 0.3) is 0 Å². The average Bonchev–Trinajstić information content (AvgIpc) is 2.21. The van der Waals surface area contributed by atoms with Crippen LogP contribution in [0.1, 0.15) is 42.5 Å². The quantitative estimate of drug-likeness (QED) is 0.823. The summed E-state index contributed by atoms with van der Waals surface area (Å²) in [4.78, 5) is 0. The van der Waals surface area contributed by atoms with E-state index in [2.05, 4.69) is 46.8 Å². The number of hydrogen-bond donors (Lipinski definition) is 1. The predicted molar refractivity (Wildman–Crippen MR) is 71.8 cm³/mol. The lowest BCUT2D eigenvalue weighted by Gasteiger charge is -2.21. The van der Waals surface area contributed by atoms with Crippen molar-refractivity contribution >= 4 is 0 Å². The Hall–Kier alpha value is -0.820. The highest BCUT2D eigenvalue weighted by Crippen LogP contribution is 2.20. The molecule has 0 bridgehead atoms. The van der Waals surface area contributed by atoms with Gasteiger partial charge in [0.1, 0.15) is 0 Å². The van der Waals surface area contributed by atoms with E-state index in [0.29, 0.717) is 5.92 Å². The summed E-state index contributed by atoms with van der Waals surface area (Å²) in [5.74, 6) is 0.597. The van der Waals surface area contributed by atoms with E-state index in [4.69, 9.17) is 5.73 Å². The Bertz CT molecular complexity index is 331. The standard InChI is InChI=1S/C15H25N/c1-6-11(3)15(16)9-14-12(4)7-10(2)8-13(14)5/h7-8,11,15H,6,9,16H2,1-5H3. The highest BCUT2D eigenvalue weighted by Gasteiger charge is 2.14. The van der Waals surface area contributed by atoms with E-state index in [9.17, 15) is 0 Å². The van der Waals surface area contributed by atoms with Crippen molar-refractivity contribution in [3.63, 3.8) is 0 Å². The van der Waals surface area contributed by atoms with Crippen molar-refractivity contribution in [2.45, 2.75) is 53.5 Å². The van der Waals surface area contributed by atoms with E-state index in [1.54, 1.807) is 0 Å². The largest absolute Gasteiger partial charge is 0.327 e. The molecule has 0 heterocycles. The van der Waals surface area contributed by atoms with Gasteiger partial charge in [0.2, 0.25) is 0 Å². The molecule has 0 aliphatic carbocycles. The maximum atomic E-state index is 6.24. The van der Waals surface area contributed by atoms with Gasteiger partial charge in [-0.1, -0.05) is 38.0 Å². The number of aryl methyl sites for hydroxylation is 3. The minimum atomic E-state index is 0.283. The van der Waals surface area contributed by atoms with E-state index >= 15 is 0 Å². The van der Waals surface area contributed by atoms with Crippen LogP contribution in [0.2, 0.25) is 0 Å². The normalized spacial score (nSPS) is 14.9. The molecule has 0 aromatic heterocycles. The first-order valence-electron chi connectivity index (χ1n) is 6.28. The Morgan fingerprint density at radius 1 is 1.12 bits per heavy atom. The zero-order valence-corrected chi connectivity index (χ0v) is 11.3. The second-order valence-electron chi connectivity index (χ2n) is 5.13. The fraction of sp³-hybridized carbons (Fsp3) is 0.600. The molecule has 2 atom stereocenters. The SMILES string of the molecule is CCC(C)C(N)Cc1c(C)cc(C)cc1C. The molecule has 1 rings (SSSR count). The molecule has 0 fully saturated rings. The molecule has 0 saturated heterocycles. The van der Waals surface area contributed by atoms with Crippen molar-refractivity contribution in [1.29, 1.82) is 0 Å². The van der Waals surface area contributed by atoms with E-state index in [1.807, 2.05) is 0 Å². The Kier molecular flexibility index (Phi) is 4.55. The molecule has 1 aromatic rings. The summed E-state index contributed by atoms with van der Waals surface area (Å²) in [6, 6.07) is 4.79. The summed E-state index contributed by atoms with van der Waals surface area (Å²) >= 11 is 0. The summed E-state index contributed by atoms with van der Waals surface area (Å²) in [7, 11) is 0. The fourth-order valence-corrected chi connectivity index (χ4v) is 2.27. The number of rotatable bonds is 4. The average molecular weight is 219 g/mol. The molecule has 90 valence electrons. The molecule has 0 amide bonds. The predicted octanol–water partition coefficient (Wildman–Crippen LogP) is 3.53. The molecule has 0 aliphatic heterocycles. The summed E-state index contributed by atoms with van der Waals surface area (Å²) in [5, 5.41) is 0. The first kappa shape index (κ1) is 13.2. The molecular formula is C15H25N. The van der Waals surface area contributed by atoms with Gasteiger partial charge in [0, 0.05) is 6.04 Å². The Morgan fingerprint density at radius 3 is 2.06 bits per heavy atom. The van der Waals surface area contributed by atoms with Crippen LogP contribution in [0.15, 0.2) is 12.1 Å². The van der Waals surface area contributed by atoms with Crippen LogP contribution in [-0.4, -0.2) is 6.04 Å². The molecule has 0 spiro atoms. The molecule has 1 nitrogen and oxygen atoms in total. The van der Waals surface area contributed by atoms with Crippen molar-refractivity contribution < 1.29 is 0 Å². The van der Waals surface area contributed by atoms with Gasteiger partial charge in [-0.15, -0.1) is 0 Å². The summed E-state index contributed by atoms with van der Waals surface area (Å²) < 4.78 is 0. The van der Waals surface area contributed by atoms with Crippen LogP contribution < -0.4 is 5.73 Å². The summed E-state index contributed by atoms with van der Waals surface area (Å²) in [6.07, 6.45) is 2.16. The van der Waals surface area contributed by atoms with Crippen molar-refractivity contribution in [1.82, 2.24) is 0 Å². The highest BCUT2D eigenvalue weighted by atomic mass is 14.6. The molecule has 2 unspecified atom stereocenters. The highest BCUT2D eigenvalue weighted by molar-refractivity contribution is 5.38. The monoisotopic (exact) mass is 219 g/mol. The number of benzene rings is 1. The third-order valence-electron chi connectivity index (χ3n) is 3.66. The molecule has 16 heavy (non-hydrogen) atoms. The van der Waals surface area contributed by atoms with Gasteiger partial charge < -0.3 is 5.73 Å². The summed E-state index contributed by atoms with van der Waals surface area (Å²) in [5.41, 5.74) is 11.8. The minimum Gasteiger partial charge on any atom is -0.327 e. The van der Waals surface area contributed by atoms with Crippen LogP contribution in [0, 0.1) is 26.7 Å². The Balaban J connectivity index is 2.89. The minimum absolute atomic E-state index is 0.283. The van der Waals surface area contributed by atoms with Crippen LogP contribution in [-0.2, 0) is 6.42 Å². The van der Waals surface area contributed by atoms with Gasteiger partial charge in [-0.3, -0.25) is 0 Å². The van der Waals surface area contributed by atoms with Gasteiger partial charge in [0.15, 0.2) is 0 Å². The van der Waals surface area contributed by atoms with Crippen molar-refractivity contribution in [2.75, 3.05) is 0 Å². The Morgan fingerprint density at radius 2 is 1.62 bits per heavy atom. The second kappa shape index (κ2) is 5.49. The Labute approximate surface area is 100 Å². The van der Waals surface area contributed by atoms with Crippen LogP contribution in [0.4, 0.5) is 0 Å². The van der Waals surface area contributed by atoms with Crippen LogP contribution in [0.3, 0.4) is 0 Å². The summed E-state index contributed by atoms with van der Waals surface area (Å²) in [6.45, 7) is 11.0. The van der Waals surface area contributed by atoms with Crippen LogP contribution in [0.25, 0.3) is 0 Å². The van der Waals surface area contributed by atoms with E-state index in [0.717, 1.165) is 12.8 Å². The first-order valence-corrected chi connectivity index (χ1v) is 6.28. The van der Waals surface area contributed by atoms with E-state index in [1.165, 1.54) is 22.3 Å². The van der Waals surface area contributed by atoms with Crippen LogP contribution in [0.5, 0.6) is 0 Å². The number of hydrogen-bond acceptors (Lipinski definition) is 1. The first-order chi connectivity index (χ1) is 7.45. The molecule has 0 radical (unpaired) electrons. The number of nitrogens with two attached hydrogens (primary N) is 1. The van der Waals surface area contributed by atoms with E-state index in [-0.39, 0.29) is 6.04 Å². The van der Waals surface area contributed by atoms with Gasteiger partial charge in [-0.25, -0.2) is 0 Å². The topological polar surface area (TPSA) is 26.0 Å². The molecule has 1 aromatic carbocycles. The zero-order chi connectivity index (χ0) is 12.3. The molecule has 1 heteroatoms. The second-order valence-corrected chi connectivity index (χ2v) is 5.13. The van der Waals surface area contributed by atoms with Gasteiger partial charge in [0.05, 0.1) is 0 Å². The molecule has 0 aliphatic rings. The maximum absolute atomic E-state index is 6.24. The van der Waals surface area contributed by atoms with E-state index < -0.39 is 0 Å². The third-order valence-corrected chi connectivity index (χ3v) is 3.66.